The molecular weight excluding hydrogens is 310 g/mol. The number of aromatic nitrogens is 3. The molecule has 6 nitrogen and oxygen atoms in total. The molecule has 0 radical (unpaired) electrons. The number of fused-ring (bicyclic) bond motifs is 1. The molecule has 0 aromatic carbocycles. The first-order valence-electron chi connectivity index (χ1n) is 8.70. The molecule has 1 atom stereocenters. The lowest BCUT2D eigenvalue weighted by Gasteiger charge is -2.34. The van der Waals surface area contributed by atoms with Gasteiger partial charge in [-0.05, 0) is 19.8 Å². The second-order valence-electron chi connectivity index (χ2n) is 6.90. The zero-order chi connectivity index (χ0) is 15.8. The van der Waals surface area contributed by atoms with E-state index in [2.05, 4.69) is 16.0 Å². The molecule has 0 amide bonds. The number of rotatable bonds is 4. The smallest absolute Gasteiger partial charge is 0.214 e. The van der Waals surface area contributed by atoms with Crippen LogP contribution in [0.3, 0.4) is 0 Å². The van der Waals surface area contributed by atoms with Crippen LogP contribution in [0, 0.1) is 0 Å². The Morgan fingerprint density at radius 1 is 1.26 bits per heavy atom. The van der Waals surface area contributed by atoms with Gasteiger partial charge in [0.1, 0.15) is 0 Å². The van der Waals surface area contributed by atoms with E-state index in [1.165, 1.54) is 31.4 Å². The fourth-order valence-electron chi connectivity index (χ4n) is 3.75. The monoisotopic (exact) mass is 335 g/mol. The van der Waals surface area contributed by atoms with Crippen LogP contribution in [-0.4, -0.2) is 63.4 Å². The number of anilines is 1. The van der Waals surface area contributed by atoms with Crippen LogP contribution in [-0.2, 0) is 0 Å². The predicted octanol–water partition coefficient (Wildman–Crippen LogP) is 1.95. The zero-order valence-electron chi connectivity index (χ0n) is 13.7. The molecule has 1 aliphatic heterocycles. The van der Waals surface area contributed by atoms with E-state index >= 15 is 0 Å². The van der Waals surface area contributed by atoms with Crippen LogP contribution in [0.1, 0.15) is 44.2 Å². The first-order chi connectivity index (χ1) is 11.2. The minimum Gasteiger partial charge on any atom is -0.392 e. The quantitative estimate of drug-likeness (QED) is 0.925. The fraction of sp³-hybridized carbons (Fsp3) is 0.750. The largest absolute Gasteiger partial charge is 0.392 e. The molecule has 23 heavy (non-hydrogen) atoms. The summed E-state index contributed by atoms with van der Waals surface area (Å²) in [6, 6.07) is 0. The zero-order valence-corrected chi connectivity index (χ0v) is 14.5. The number of imidazole rings is 1. The highest BCUT2D eigenvalue weighted by Crippen LogP contribution is 2.34. The number of aliphatic hydroxyl groups excluding tert-OH is 1. The molecule has 0 spiro atoms. The Labute approximate surface area is 140 Å². The summed E-state index contributed by atoms with van der Waals surface area (Å²) in [5.41, 5.74) is 1.23. The molecule has 1 saturated heterocycles. The maximum absolute atomic E-state index is 9.49. The molecule has 0 bridgehead atoms. The van der Waals surface area contributed by atoms with Crippen molar-refractivity contribution in [1.82, 2.24) is 19.5 Å². The van der Waals surface area contributed by atoms with Crippen LogP contribution in [0.2, 0.25) is 0 Å². The number of piperazine rings is 1. The van der Waals surface area contributed by atoms with Crippen LogP contribution in [0.4, 0.5) is 5.13 Å². The highest BCUT2D eigenvalue weighted by molar-refractivity contribution is 7.20. The molecular formula is C16H25N5OS. The number of hydrogen-bond donors (Lipinski definition) is 1. The topological polar surface area (TPSA) is 56.9 Å². The van der Waals surface area contributed by atoms with Crippen molar-refractivity contribution in [1.29, 1.82) is 0 Å². The summed E-state index contributed by atoms with van der Waals surface area (Å²) in [4.78, 5) is 10.5. The van der Waals surface area contributed by atoms with Crippen LogP contribution < -0.4 is 4.90 Å². The first-order valence-corrected chi connectivity index (χ1v) is 9.52. The normalized spacial score (nSPS) is 22.3. The van der Waals surface area contributed by atoms with Gasteiger partial charge in [0.05, 0.1) is 18.0 Å². The van der Waals surface area contributed by atoms with Gasteiger partial charge < -0.3 is 10.0 Å². The number of nitrogens with zero attached hydrogens (tertiary/aromatic N) is 5. The lowest BCUT2D eigenvalue weighted by atomic mass is 10.1. The molecule has 4 rings (SSSR count). The maximum Gasteiger partial charge on any atom is 0.214 e. The summed E-state index contributed by atoms with van der Waals surface area (Å²) in [5.74, 6) is 0.649. The molecule has 7 heteroatoms. The van der Waals surface area contributed by atoms with Crippen LogP contribution in [0.15, 0.2) is 6.20 Å². The number of aliphatic hydroxyl groups is 1. The molecule has 1 saturated carbocycles. The van der Waals surface area contributed by atoms with E-state index in [0.717, 1.165) is 42.8 Å². The van der Waals surface area contributed by atoms with Gasteiger partial charge in [-0.3, -0.25) is 4.90 Å². The van der Waals surface area contributed by atoms with E-state index in [0.29, 0.717) is 5.92 Å². The van der Waals surface area contributed by atoms with Crippen molar-refractivity contribution < 1.29 is 5.11 Å². The van der Waals surface area contributed by atoms with Gasteiger partial charge in [0.15, 0.2) is 0 Å². The van der Waals surface area contributed by atoms with Gasteiger partial charge in [-0.1, -0.05) is 24.2 Å². The molecule has 2 aromatic heterocycles. The molecule has 126 valence electrons. The Balaban J connectivity index is 1.42. The first kappa shape index (κ1) is 15.4. The lowest BCUT2D eigenvalue weighted by Crippen LogP contribution is -2.48. The van der Waals surface area contributed by atoms with E-state index in [4.69, 9.17) is 10.1 Å². The van der Waals surface area contributed by atoms with Gasteiger partial charge in [-0.15, -0.1) is 5.10 Å². The number of β-amino-alcohol motifs (C(OH)–C–C–N with tert-alkyl or cyclic N) is 1. The van der Waals surface area contributed by atoms with Crippen molar-refractivity contribution in [2.75, 3.05) is 37.6 Å². The minimum absolute atomic E-state index is 0.251. The van der Waals surface area contributed by atoms with Crippen LogP contribution in [0.5, 0.6) is 0 Å². The molecule has 1 N–H and O–H groups in total. The van der Waals surface area contributed by atoms with Crippen molar-refractivity contribution in [3.63, 3.8) is 0 Å². The third kappa shape index (κ3) is 3.22. The van der Waals surface area contributed by atoms with Crippen molar-refractivity contribution in [3.8, 4) is 0 Å². The molecule has 3 heterocycles. The standard InChI is InChI=1S/C16H25N5OS/c1-12(22)10-19-6-8-20(9-7-19)16-18-21-11-14(17-15(21)23-16)13-4-2-3-5-13/h11-13,22H,2-10H2,1H3/t12-/m0/s1. The highest BCUT2D eigenvalue weighted by Gasteiger charge is 2.23. The lowest BCUT2D eigenvalue weighted by molar-refractivity contribution is 0.122. The molecule has 1 aliphatic carbocycles. The van der Waals surface area contributed by atoms with Crippen molar-refractivity contribution in [2.45, 2.75) is 44.6 Å². The Hall–Kier alpha value is -1.18. The molecule has 2 aliphatic rings. The Morgan fingerprint density at radius 2 is 2.00 bits per heavy atom. The van der Waals surface area contributed by atoms with Gasteiger partial charge in [0.25, 0.3) is 0 Å². The van der Waals surface area contributed by atoms with Gasteiger partial charge >= 0.3 is 0 Å². The SMILES string of the molecule is C[C@H](O)CN1CCN(c2nn3cc(C4CCCC4)nc3s2)CC1. The molecule has 2 aromatic rings. The average Bonchev–Trinajstić information content (AvgIpc) is 3.22. The summed E-state index contributed by atoms with van der Waals surface area (Å²) in [7, 11) is 0. The third-order valence-corrected chi connectivity index (χ3v) is 5.97. The summed E-state index contributed by atoms with van der Waals surface area (Å²) in [6.07, 6.45) is 7.12. The van der Waals surface area contributed by atoms with Gasteiger partial charge in [0, 0.05) is 38.6 Å². The van der Waals surface area contributed by atoms with Crippen molar-refractivity contribution in [3.05, 3.63) is 11.9 Å². The third-order valence-electron chi connectivity index (χ3n) is 4.99. The second kappa shape index (κ2) is 6.37. The van der Waals surface area contributed by atoms with E-state index in [9.17, 15) is 5.11 Å². The summed E-state index contributed by atoms with van der Waals surface area (Å²) < 4.78 is 1.97. The Kier molecular flexibility index (Phi) is 4.26. The van der Waals surface area contributed by atoms with Crippen LogP contribution in [0.25, 0.3) is 4.96 Å². The summed E-state index contributed by atoms with van der Waals surface area (Å²) >= 11 is 1.70. The molecule has 0 unspecified atom stereocenters. The highest BCUT2D eigenvalue weighted by atomic mass is 32.1. The van der Waals surface area contributed by atoms with Crippen molar-refractivity contribution in [2.24, 2.45) is 0 Å². The van der Waals surface area contributed by atoms with Crippen molar-refractivity contribution >= 4 is 21.4 Å². The minimum atomic E-state index is -0.251. The Morgan fingerprint density at radius 3 is 2.65 bits per heavy atom. The van der Waals surface area contributed by atoms with Gasteiger partial charge in [0.2, 0.25) is 10.1 Å². The van der Waals surface area contributed by atoms with E-state index < -0.39 is 0 Å². The second-order valence-corrected chi connectivity index (χ2v) is 7.83. The maximum atomic E-state index is 9.49. The van der Waals surface area contributed by atoms with E-state index in [1.807, 2.05) is 11.4 Å². The predicted molar refractivity (Wildman–Crippen MR) is 92.4 cm³/mol. The number of hydrogen-bond acceptors (Lipinski definition) is 6. The fourth-order valence-corrected chi connectivity index (χ4v) is 4.69. The summed E-state index contributed by atoms with van der Waals surface area (Å²) in [6.45, 7) is 6.53. The Bertz CT molecular complexity index is 621. The average molecular weight is 335 g/mol. The summed E-state index contributed by atoms with van der Waals surface area (Å²) in [5, 5.41) is 15.3. The van der Waals surface area contributed by atoms with Crippen LogP contribution >= 0.6 is 11.3 Å². The molecule has 2 fully saturated rings. The van der Waals surface area contributed by atoms with E-state index in [-0.39, 0.29) is 6.10 Å². The van der Waals surface area contributed by atoms with Gasteiger partial charge in [-0.25, -0.2) is 9.50 Å². The van der Waals surface area contributed by atoms with Gasteiger partial charge in [-0.2, -0.15) is 0 Å². The van der Waals surface area contributed by atoms with E-state index in [1.54, 1.807) is 11.3 Å².